The predicted octanol–water partition coefficient (Wildman–Crippen LogP) is 2.19. The van der Waals surface area contributed by atoms with Gasteiger partial charge in [0.2, 0.25) is 5.91 Å². The van der Waals surface area contributed by atoms with Gasteiger partial charge in [0.1, 0.15) is 0 Å². The fraction of sp³-hybridized carbons (Fsp3) is 0.286. The molecule has 0 aliphatic carbocycles. The maximum absolute atomic E-state index is 11.8. The van der Waals surface area contributed by atoms with Gasteiger partial charge in [-0.3, -0.25) is 9.48 Å². The average Bonchev–Trinajstić information content (AvgIpc) is 2.88. The number of anilines is 2. The fourth-order valence-electron chi connectivity index (χ4n) is 1.84. The van der Waals surface area contributed by atoms with Gasteiger partial charge in [-0.2, -0.15) is 5.10 Å². The van der Waals surface area contributed by atoms with Crippen molar-refractivity contribution < 1.29 is 4.79 Å². The predicted molar refractivity (Wildman–Crippen MR) is 75.7 cm³/mol. The van der Waals surface area contributed by atoms with E-state index in [1.807, 2.05) is 42.1 Å². The van der Waals surface area contributed by atoms with Crippen molar-refractivity contribution in [1.29, 1.82) is 0 Å². The van der Waals surface area contributed by atoms with E-state index in [1.165, 1.54) is 0 Å². The number of hydrogen-bond acceptors (Lipinski definition) is 3. The van der Waals surface area contributed by atoms with Crippen LogP contribution in [-0.4, -0.2) is 15.7 Å². The molecule has 5 nitrogen and oxygen atoms in total. The molecule has 0 atom stereocenters. The Morgan fingerprint density at radius 1 is 1.42 bits per heavy atom. The molecule has 1 heterocycles. The lowest BCUT2D eigenvalue weighted by Crippen LogP contribution is -2.13. The highest BCUT2D eigenvalue weighted by Crippen LogP contribution is 2.20. The van der Waals surface area contributed by atoms with Crippen LogP contribution in [0.15, 0.2) is 36.7 Å². The Hall–Kier alpha value is -2.30. The average molecular weight is 258 g/mol. The van der Waals surface area contributed by atoms with Gasteiger partial charge in [0, 0.05) is 36.7 Å². The van der Waals surface area contributed by atoms with E-state index in [4.69, 9.17) is 5.73 Å². The van der Waals surface area contributed by atoms with E-state index >= 15 is 0 Å². The Morgan fingerprint density at radius 2 is 2.26 bits per heavy atom. The molecule has 0 aliphatic heterocycles. The topological polar surface area (TPSA) is 72.9 Å². The summed E-state index contributed by atoms with van der Waals surface area (Å²) >= 11 is 0. The summed E-state index contributed by atoms with van der Waals surface area (Å²) in [7, 11) is 0. The maximum atomic E-state index is 11.8. The summed E-state index contributed by atoms with van der Waals surface area (Å²) in [4.78, 5) is 11.8. The van der Waals surface area contributed by atoms with Gasteiger partial charge >= 0.3 is 0 Å². The van der Waals surface area contributed by atoms with Gasteiger partial charge in [-0.15, -0.1) is 0 Å². The van der Waals surface area contributed by atoms with Crippen molar-refractivity contribution in [3.63, 3.8) is 0 Å². The summed E-state index contributed by atoms with van der Waals surface area (Å²) < 4.78 is 1.82. The molecule has 0 saturated heterocycles. The van der Waals surface area contributed by atoms with Crippen molar-refractivity contribution in [3.8, 4) is 0 Å². The number of nitrogen functional groups attached to an aromatic ring is 1. The van der Waals surface area contributed by atoms with Crippen LogP contribution in [0.4, 0.5) is 11.4 Å². The first-order valence-corrected chi connectivity index (χ1v) is 6.29. The van der Waals surface area contributed by atoms with E-state index in [2.05, 4.69) is 10.4 Å². The normalized spacial score (nSPS) is 10.4. The first kappa shape index (κ1) is 13.1. The zero-order valence-electron chi connectivity index (χ0n) is 11.0. The van der Waals surface area contributed by atoms with E-state index in [9.17, 15) is 4.79 Å². The number of aromatic nitrogens is 2. The molecular weight excluding hydrogens is 240 g/mol. The van der Waals surface area contributed by atoms with Gasteiger partial charge in [0.05, 0.1) is 0 Å². The number of carbonyl (C=O) groups is 1. The Balaban J connectivity index is 1.82. The summed E-state index contributed by atoms with van der Waals surface area (Å²) in [5, 5.41) is 6.97. The van der Waals surface area contributed by atoms with E-state index in [1.54, 1.807) is 6.20 Å². The standard InChI is InChI=1S/C14H18N4O/c1-11-12(15)5-2-6-13(11)17-14(19)7-3-9-18-10-4-8-16-18/h2,4-6,8,10H,3,7,9,15H2,1H3,(H,17,19). The minimum absolute atomic E-state index is 0.000793. The van der Waals surface area contributed by atoms with E-state index in [0.29, 0.717) is 12.1 Å². The minimum atomic E-state index is 0.000793. The van der Waals surface area contributed by atoms with Crippen LogP contribution >= 0.6 is 0 Å². The van der Waals surface area contributed by atoms with E-state index < -0.39 is 0 Å². The summed E-state index contributed by atoms with van der Waals surface area (Å²) in [5.74, 6) is 0.000793. The molecule has 0 radical (unpaired) electrons. The zero-order valence-corrected chi connectivity index (χ0v) is 11.0. The number of rotatable bonds is 5. The maximum Gasteiger partial charge on any atom is 0.224 e. The number of aryl methyl sites for hydroxylation is 1. The number of hydrogen-bond donors (Lipinski definition) is 2. The molecule has 2 aromatic rings. The molecule has 0 spiro atoms. The molecule has 5 heteroatoms. The Kier molecular flexibility index (Phi) is 4.18. The van der Waals surface area contributed by atoms with E-state index in [0.717, 1.165) is 24.2 Å². The number of carbonyl (C=O) groups excluding carboxylic acids is 1. The first-order valence-electron chi connectivity index (χ1n) is 6.29. The molecule has 0 aliphatic rings. The molecule has 1 aromatic carbocycles. The van der Waals surface area contributed by atoms with Crippen LogP contribution < -0.4 is 11.1 Å². The molecule has 100 valence electrons. The van der Waals surface area contributed by atoms with Gasteiger partial charge in [0.25, 0.3) is 0 Å². The number of nitrogens with one attached hydrogen (secondary N) is 1. The summed E-state index contributed by atoms with van der Waals surface area (Å²) in [5.41, 5.74) is 8.17. The number of nitrogens with two attached hydrogens (primary N) is 1. The molecule has 0 saturated carbocycles. The van der Waals surface area contributed by atoms with Crippen molar-refractivity contribution >= 4 is 17.3 Å². The molecule has 0 bridgehead atoms. The molecule has 1 amide bonds. The van der Waals surface area contributed by atoms with Crippen molar-refractivity contribution in [1.82, 2.24) is 9.78 Å². The molecular formula is C14H18N4O. The van der Waals surface area contributed by atoms with Crippen molar-refractivity contribution in [2.24, 2.45) is 0 Å². The third-order valence-electron chi connectivity index (χ3n) is 3.00. The highest BCUT2D eigenvalue weighted by molar-refractivity contribution is 5.92. The van der Waals surface area contributed by atoms with Gasteiger partial charge in [-0.25, -0.2) is 0 Å². The van der Waals surface area contributed by atoms with Gasteiger partial charge in [-0.05, 0) is 37.1 Å². The SMILES string of the molecule is Cc1c(N)cccc1NC(=O)CCCn1cccn1. The summed E-state index contributed by atoms with van der Waals surface area (Å²) in [6, 6.07) is 7.39. The Labute approximate surface area is 112 Å². The van der Waals surface area contributed by atoms with Crippen LogP contribution in [0.2, 0.25) is 0 Å². The van der Waals surface area contributed by atoms with Crippen molar-refractivity contribution in [2.45, 2.75) is 26.3 Å². The monoisotopic (exact) mass is 258 g/mol. The Morgan fingerprint density at radius 3 is 3.00 bits per heavy atom. The lowest BCUT2D eigenvalue weighted by molar-refractivity contribution is -0.116. The minimum Gasteiger partial charge on any atom is -0.398 e. The third-order valence-corrected chi connectivity index (χ3v) is 3.00. The first-order chi connectivity index (χ1) is 9.16. The number of benzene rings is 1. The molecule has 1 aromatic heterocycles. The third kappa shape index (κ3) is 3.58. The fourth-order valence-corrected chi connectivity index (χ4v) is 1.84. The lowest BCUT2D eigenvalue weighted by atomic mass is 10.1. The number of amides is 1. The largest absolute Gasteiger partial charge is 0.398 e. The van der Waals surface area contributed by atoms with E-state index in [-0.39, 0.29) is 5.91 Å². The van der Waals surface area contributed by atoms with Crippen molar-refractivity contribution in [3.05, 3.63) is 42.2 Å². The van der Waals surface area contributed by atoms with Gasteiger partial charge < -0.3 is 11.1 Å². The van der Waals surface area contributed by atoms with Crippen LogP contribution in [0.3, 0.4) is 0 Å². The van der Waals surface area contributed by atoms with Crippen LogP contribution in [0.1, 0.15) is 18.4 Å². The molecule has 2 rings (SSSR count). The summed E-state index contributed by atoms with van der Waals surface area (Å²) in [6.07, 6.45) is 4.85. The molecule has 3 N–H and O–H groups in total. The molecule has 0 unspecified atom stereocenters. The molecule has 19 heavy (non-hydrogen) atoms. The summed E-state index contributed by atoms with van der Waals surface area (Å²) in [6.45, 7) is 2.64. The smallest absolute Gasteiger partial charge is 0.224 e. The highest BCUT2D eigenvalue weighted by Gasteiger charge is 2.06. The number of nitrogens with zero attached hydrogens (tertiary/aromatic N) is 2. The second kappa shape index (κ2) is 6.04. The van der Waals surface area contributed by atoms with Crippen LogP contribution in [0, 0.1) is 6.92 Å². The highest BCUT2D eigenvalue weighted by atomic mass is 16.1. The van der Waals surface area contributed by atoms with Gasteiger partial charge in [-0.1, -0.05) is 6.07 Å². The van der Waals surface area contributed by atoms with Crippen LogP contribution in [0.25, 0.3) is 0 Å². The Bertz CT molecular complexity index is 549. The zero-order chi connectivity index (χ0) is 13.7. The molecule has 0 fully saturated rings. The van der Waals surface area contributed by atoms with Gasteiger partial charge in [0.15, 0.2) is 0 Å². The van der Waals surface area contributed by atoms with Crippen molar-refractivity contribution in [2.75, 3.05) is 11.1 Å². The van der Waals surface area contributed by atoms with Crippen LogP contribution in [-0.2, 0) is 11.3 Å². The quantitative estimate of drug-likeness (QED) is 0.807. The van der Waals surface area contributed by atoms with Crippen LogP contribution in [0.5, 0.6) is 0 Å². The lowest BCUT2D eigenvalue weighted by Gasteiger charge is -2.10. The second-order valence-corrected chi connectivity index (χ2v) is 4.44. The second-order valence-electron chi connectivity index (χ2n) is 4.44.